The van der Waals surface area contributed by atoms with Crippen LogP contribution >= 0.6 is 15.9 Å². The summed E-state index contributed by atoms with van der Waals surface area (Å²) in [6, 6.07) is 8.55. The highest BCUT2D eigenvalue weighted by Gasteiger charge is 2.22. The van der Waals surface area contributed by atoms with Gasteiger partial charge in [-0.15, -0.1) is 0 Å². The Hall–Kier alpha value is -0.870. The zero-order valence-electron chi connectivity index (χ0n) is 11.6. The van der Waals surface area contributed by atoms with E-state index >= 15 is 0 Å². The van der Waals surface area contributed by atoms with Crippen molar-refractivity contribution < 1.29 is 4.79 Å². The molecular weight excluding hydrogens is 304 g/mol. The second-order valence-electron chi connectivity index (χ2n) is 5.32. The van der Waals surface area contributed by atoms with Crippen LogP contribution in [0.2, 0.25) is 0 Å². The minimum atomic E-state index is 0.238. The number of hydrogen-bond donors (Lipinski definition) is 0. The van der Waals surface area contributed by atoms with Gasteiger partial charge in [0.1, 0.15) is 0 Å². The number of carbonyl (C=O) groups is 1. The second kappa shape index (κ2) is 6.53. The third kappa shape index (κ3) is 4.05. The van der Waals surface area contributed by atoms with Crippen LogP contribution in [0.3, 0.4) is 0 Å². The summed E-state index contributed by atoms with van der Waals surface area (Å²) in [5.74, 6) is 0.238. The van der Waals surface area contributed by atoms with Crippen molar-refractivity contribution in [3.63, 3.8) is 0 Å². The predicted octanol–water partition coefficient (Wildman–Crippen LogP) is 2.54. The fraction of sp³-hybridized carbons (Fsp3) is 0.533. The van der Waals surface area contributed by atoms with Gasteiger partial charge in [-0.2, -0.15) is 0 Å². The maximum Gasteiger partial charge on any atom is 0.227 e. The fourth-order valence-corrected chi connectivity index (χ4v) is 2.87. The van der Waals surface area contributed by atoms with Crippen LogP contribution in [0.25, 0.3) is 0 Å². The average Bonchev–Trinajstić information content (AvgIpc) is 2.39. The number of carbonyl (C=O) groups excluding carboxylic acids is 1. The number of hydrogen-bond acceptors (Lipinski definition) is 2. The van der Waals surface area contributed by atoms with Gasteiger partial charge in [-0.1, -0.05) is 28.1 Å². The van der Waals surface area contributed by atoms with E-state index in [1.54, 1.807) is 0 Å². The summed E-state index contributed by atoms with van der Waals surface area (Å²) < 4.78 is 1.03. The molecule has 0 unspecified atom stereocenters. The van der Waals surface area contributed by atoms with E-state index in [0.29, 0.717) is 12.5 Å². The molecule has 19 heavy (non-hydrogen) atoms. The molecule has 104 valence electrons. The number of piperazine rings is 1. The molecule has 1 amide bonds. The quantitative estimate of drug-likeness (QED) is 0.853. The van der Waals surface area contributed by atoms with Gasteiger partial charge in [0.2, 0.25) is 5.91 Å². The van der Waals surface area contributed by atoms with Crippen LogP contribution in [0.5, 0.6) is 0 Å². The number of benzene rings is 1. The van der Waals surface area contributed by atoms with Crippen molar-refractivity contribution in [3.05, 3.63) is 34.3 Å². The first-order valence-electron chi connectivity index (χ1n) is 6.82. The van der Waals surface area contributed by atoms with Gasteiger partial charge in [0.05, 0.1) is 6.42 Å². The number of nitrogens with zero attached hydrogens (tertiary/aromatic N) is 2. The van der Waals surface area contributed by atoms with E-state index in [4.69, 9.17) is 0 Å². The third-order valence-corrected chi connectivity index (χ3v) is 4.13. The highest BCUT2D eigenvalue weighted by atomic mass is 79.9. The minimum Gasteiger partial charge on any atom is -0.340 e. The molecule has 1 aromatic rings. The first-order chi connectivity index (χ1) is 9.06. The summed E-state index contributed by atoms with van der Waals surface area (Å²) in [4.78, 5) is 16.7. The van der Waals surface area contributed by atoms with Crippen LogP contribution in [0.15, 0.2) is 28.7 Å². The van der Waals surface area contributed by atoms with Crippen LogP contribution in [0.4, 0.5) is 0 Å². The van der Waals surface area contributed by atoms with Gasteiger partial charge in [0.15, 0.2) is 0 Å². The maximum absolute atomic E-state index is 12.2. The molecule has 1 saturated heterocycles. The summed E-state index contributed by atoms with van der Waals surface area (Å²) in [7, 11) is 0. The molecule has 1 aromatic carbocycles. The molecule has 0 bridgehead atoms. The smallest absolute Gasteiger partial charge is 0.227 e. The summed E-state index contributed by atoms with van der Waals surface area (Å²) in [5.41, 5.74) is 1.07. The summed E-state index contributed by atoms with van der Waals surface area (Å²) >= 11 is 3.44. The molecule has 0 atom stereocenters. The Bertz CT molecular complexity index is 440. The molecule has 1 fully saturated rings. The van der Waals surface area contributed by atoms with E-state index in [1.165, 1.54) is 0 Å². The van der Waals surface area contributed by atoms with Crippen molar-refractivity contribution in [3.8, 4) is 0 Å². The van der Waals surface area contributed by atoms with E-state index < -0.39 is 0 Å². The molecule has 4 heteroatoms. The van der Waals surface area contributed by atoms with Crippen molar-refractivity contribution >= 4 is 21.8 Å². The van der Waals surface area contributed by atoms with Crippen molar-refractivity contribution in [2.45, 2.75) is 26.3 Å². The highest BCUT2D eigenvalue weighted by Crippen LogP contribution is 2.14. The van der Waals surface area contributed by atoms with Gasteiger partial charge in [0, 0.05) is 36.7 Å². The van der Waals surface area contributed by atoms with Gasteiger partial charge in [-0.3, -0.25) is 9.69 Å². The molecule has 1 heterocycles. The second-order valence-corrected chi connectivity index (χ2v) is 6.23. The zero-order chi connectivity index (χ0) is 13.8. The van der Waals surface area contributed by atoms with E-state index in [1.807, 2.05) is 29.2 Å². The lowest BCUT2D eigenvalue weighted by molar-refractivity contribution is -0.132. The van der Waals surface area contributed by atoms with Gasteiger partial charge in [-0.25, -0.2) is 0 Å². The SMILES string of the molecule is CC(C)N1CCN(C(=O)Cc2cccc(Br)c2)CC1. The summed E-state index contributed by atoms with van der Waals surface area (Å²) in [5, 5.41) is 0. The van der Waals surface area contributed by atoms with Crippen LogP contribution in [-0.4, -0.2) is 47.9 Å². The molecule has 0 aliphatic carbocycles. The van der Waals surface area contributed by atoms with Crippen molar-refractivity contribution in [1.29, 1.82) is 0 Å². The van der Waals surface area contributed by atoms with Gasteiger partial charge in [-0.05, 0) is 31.5 Å². The molecule has 3 nitrogen and oxygen atoms in total. The Labute approximate surface area is 123 Å². The lowest BCUT2D eigenvalue weighted by Crippen LogP contribution is -2.51. The molecule has 1 aliphatic rings. The Kier molecular flexibility index (Phi) is 4.99. The Balaban J connectivity index is 1.88. The van der Waals surface area contributed by atoms with Crippen LogP contribution in [0.1, 0.15) is 19.4 Å². The van der Waals surface area contributed by atoms with Crippen LogP contribution < -0.4 is 0 Å². The molecular formula is C15H21BrN2O. The van der Waals surface area contributed by atoms with E-state index in [0.717, 1.165) is 36.2 Å². The monoisotopic (exact) mass is 324 g/mol. The third-order valence-electron chi connectivity index (χ3n) is 3.64. The lowest BCUT2D eigenvalue weighted by Gasteiger charge is -2.37. The largest absolute Gasteiger partial charge is 0.340 e. The molecule has 0 saturated carbocycles. The average molecular weight is 325 g/mol. The Morgan fingerprint density at radius 1 is 1.26 bits per heavy atom. The Morgan fingerprint density at radius 3 is 2.53 bits per heavy atom. The van der Waals surface area contributed by atoms with Crippen molar-refractivity contribution in [2.24, 2.45) is 0 Å². The summed E-state index contributed by atoms with van der Waals surface area (Å²) in [6.45, 7) is 8.10. The molecule has 0 spiro atoms. The molecule has 0 aromatic heterocycles. The van der Waals surface area contributed by atoms with Crippen LogP contribution in [-0.2, 0) is 11.2 Å². The number of halogens is 1. The fourth-order valence-electron chi connectivity index (χ4n) is 2.42. The highest BCUT2D eigenvalue weighted by molar-refractivity contribution is 9.10. The standard InChI is InChI=1S/C15H21BrN2O/c1-12(2)17-6-8-18(9-7-17)15(19)11-13-4-3-5-14(16)10-13/h3-5,10,12H,6-9,11H2,1-2H3. The predicted molar refractivity (Wildman–Crippen MR) is 81.1 cm³/mol. The normalized spacial score (nSPS) is 16.9. The number of rotatable bonds is 3. The first kappa shape index (κ1) is 14.5. The minimum absolute atomic E-state index is 0.238. The van der Waals surface area contributed by atoms with Crippen molar-refractivity contribution in [2.75, 3.05) is 26.2 Å². The van der Waals surface area contributed by atoms with Gasteiger partial charge in [0.25, 0.3) is 0 Å². The molecule has 2 rings (SSSR count). The lowest BCUT2D eigenvalue weighted by atomic mass is 10.1. The van der Waals surface area contributed by atoms with E-state index in [-0.39, 0.29) is 5.91 Å². The van der Waals surface area contributed by atoms with Crippen LogP contribution in [0, 0.1) is 0 Å². The summed E-state index contributed by atoms with van der Waals surface area (Å²) in [6.07, 6.45) is 0.501. The van der Waals surface area contributed by atoms with Crippen molar-refractivity contribution in [1.82, 2.24) is 9.80 Å². The molecule has 0 N–H and O–H groups in total. The van der Waals surface area contributed by atoms with E-state index in [2.05, 4.69) is 34.7 Å². The molecule has 1 aliphatic heterocycles. The van der Waals surface area contributed by atoms with Gasteiger partial charge < -0.3 is 4.90 Å². The number of amides is 1. The first-order valence-corrected chi connectivity index (χ1v) is 7.62. The topological polar surface area (TPSA) is 23.6 Å². The Morgan fingerprint density at radius 2 is 1.95 bits per heavy atom. The maximum atomic E-state index is 12.2. The zero-order valence-corrected chi connectivity index (χ0v) is 13.2. The molecule has 0 radical (unpaired) electrons. The van der Waals surface area contributed by atoms with E-state index in [9.17, 15) is 4.79 Å². The van der Waals surface area contributed by atoms with Gasteiger partial charge >= 0.3 is 0 Å².